The fraction of sp³-hybridized carbons (Fsp3) is 0.389. The molecule has 0 aliphatic heterocycles. The summed E-state index contributed by atoms with van der Waals surface area (Å²) in [5, 5.41) is 9.65. The van der Waals surface area contributed by atoms with Crippen molar-refractivity contribution >= 4 is 24.7 Å². The number of hydrogen-bond donors (Lipinski definition) is 0. The predicted octanol–water partition coefficient (Wildman–Crippen LogP) is 4.92. The maximum absolute atomic E-state index is 16.7. The fourth-order valence-electron chi connectivity index (χ4n) is 2.87. The number of thiophene rings is 1. The molecule has 0 N–H and O–H groups in total. The van der Waals surface area contributed by atoms with Gasteiger partial charge in [-0.2, -0.15) is 0 Å². The molecule has 0 aliphatic carbocycles. The minimum absolute atomic E-state index is 0.0745. The van der Waals surface area contributed by atoms with E-state index < -0.39 is 36.2 Å². The Morgan fingerprint density at radius 3 is 2.29 bits per heavy atom. The summed E-state index contributed by atoms with van der Waals surface area (Å²) in [4.78, 5) is 24.0. The van der Waals surface area contributed by atoms with Crippen molar-refractivity contribution in [2.45, 2.75) is 25.2 Å². The van der Waals surface area contributed by atoms with Crippen LogP contribution in [0, 0.1) is 10.1 Å². The second-order valence-electron chi connectivity index (χ2n) is 5.78. The van der Waals surface area contributed by atoms with Crippen LogP contribution in [0.15, 0.2) is 47.8 Å². The Labute approximate surface area is 166 Å². The smallest absolute Gasteiger partial charge is 0.306 e. The summed E-state index contributed by atoms with van der Waals surface area (Å²) < 4.78 is 40.5. The molecule has 0 saturated heterocycles. The van der Waals surface area contributed by atoms with Gasteiger partial charge in [0.25, 0.3) is 5.41 Å². The van der Waals surface area contributed by atoms with E-state index in [1.807, 2.05) is 0 Å². The summed E-state index contributed by atoms with van der Waals surface area (Å²) in [6.07, 6.45) is 0. The SMILES string of the molecule is CCOP(=O)(OCC)[C@@](F)(C(=O)c1ccccc1)[C@H](C[N+](=O)[O-])c1cccs1. The number of halogens is 1. The number of Topliss-reactive ketones (excluding diaryl/α,β-unsaturated/α-hetero) is 1. The van der Waals surface area contributed by atoms with Crippen molar-refractivity contribution < 1.29 is 27.7 Å². The lowest BCUT2D eigenvalue weighted by atomic mass is 9.93. The highest BCUT2D eigenvalue weighted by molar-refractivity contribution is 7.56. The molecule has 2 rings (SSSR count). The Morgan fingerprint density at radius 2 is 1.82 bits per heavy atom. The van der Waals surface area contributed by atoms with Crippen molar-refractivity contribution in [1.29, 1.82) is 0 Å². The number of rotatable bonds is 11. The van der Waals surface area contributed by atoms with Crippen LogP contribution in [0.1, 0.15) is 35.0 Å². The molecule has 0 radical (unpaired) electrons. The van der Waals surface area contributed by atoms with Crippen LogP contribution in [-0.4, -0.2) is 35.9 Å². The third-order valence-electron chi connectivity index (χ3n) is 4.03. The number of nitro groups is 1. The van der Waals surface area contributed by atoms with E-state index in [9.17, 15) is 19.5 Å². The molecular weight excluding hydrogens is 408 g/mol. The van der Waals surface area contributed by atoms with Gasteiger partial charge >= 0.3 is 7.60 Å². The average molecular weight is 429 g/mol. The Kier molecular flexibility index (Phi) is 7.60. The van der Waals surface area contributed by atoms with E-state index in [1.54, 1.807) is 17.5 Å². The maximum atomic E-state index is 16.7. The van der Waals surface area contributed by atoms with Crippen LogP contribution in [0.4, 0.5) is 4.39 Å². The van der Waals surface area contributed by atoms with Gasteiger partial charge in [0, 0.05) is 15.4 Å². The topological polar surface area (TPSA) is 95.7 Å². The third-order valence-corrected chi connectivity index (χ3v) is 7.53. The summed E-state index contributed by atoms with van der Waals surface area (Å²) in [6, 6.07) is 10.4. The lowest BCUT2D eigenvalue weighted by molar-refractivity contribution is -0.484. The van der Waals surface area contributed by atoms with E-state index in [0.29, 0.717) is 0 Å². The van der Waals surface area contributed by atoms with Gasteiger partial charge in [-0.05, 0) is 25.3 Å². The van der Waals surface area contributed by atoms with E-state index in [4.69, 9.17) is 9.05 Å². The molecule has 0 unspecified atom stereocenters. The molecule has 0 fully saturated rings. The van der Waals surface area contributed by atoms with E-state index in [-0.39, 0.29) is 23.7 Å². The first-order valence-electron chi connectivity index (χ1n) is 8.63. The van der Waals surface area contributed by atoms with Crippen molar-refractivity contribution in [2.75, 3.05) is 19.8 Å². The van der Waals surface area contributed by atoms with Crippen LogP contribution in [-0.2, 0) is 13.6 Å². The molecule has 7 nitrogen and oxygen atoms in total. The van der Waals surface area contributed by atoms with Crippen LogP contribution >= 0.6 is 18.9 Å². The molecule has 0 amide bonds. The average Bonchev–Trinajstić information content (AvgIpc) is 3.20. The number of benzene rings is 1. The molecule has 152 valence electrons. The second-order valence-corrected chi connectivity index (χ2v) is 8.93. The predicted molar refractivity (Wildman–Crippen MR) is 104 cm³/mol. The number of hydrogen-bond acceptors (Lipinski definition) is 7. The van der Waals surface area contributed by atoms with Gasteiger partial charge in [-0.25, -0.2) is 4.39 Å². The largest absolute Gasteiger partial charge is 0.376 e. The van der Waals surface area contributed by atoms with Gasteiger partial charge in [-0.3, -0.25) is 19.5 Å². The molecule has 0 saturated carbocycles. The Morgan fingerprint density at radius 1 is 1.21 bits per heavy atom. The Bertz CT molecular complexity index is 837. The normalized spacial score (nSPS) is 15.0. The van der Waals surface area contributed by atoms with Gasteiger partial charge in [-0.15, -0.1) is 11.3 Å². The molecule has 10 heteroatoms. The van der Waals surface area contributed by atoms with Gasteiger partial charge in [-0.1, -0.05) is 36.4 Å². The number of ketones is 1. The first-order chi connectivity index (χ1) is 13.3. The van der Waals surface area contributed by atoms with Crippen molar-refractivity contribution in [1.82, 2.24) is 0 Å². The molecule has 2 atom stereocenters. The molecule has 1 aromatic carbocycles. The molecular formula is C18H21FNO6PS. The van der Waals surface area contributed by atoms with Crippen LogP contribution < -0.4 is 0 Å². The van der Waals surface area contributed by atoms with Gasteiger partial charge in [0.2, 0.25) is 12.3 Å². The maximum Gasteiger partial charge on any atom is 0.376 e. The van der Waals surface area contributed by atoms with Crippen LogP contribution in [0.5, 0.6) is 0 Å². The summed E-state index contributed by atoms with van der Waals surface area (Å²) in [7, 11) is -4.73. The first kappa shape index (κ1) is 22.4. The monoisotopic (exact) mass is 429 g/mol. The van der Waals surface area contributed by atoms with Crippen molar-refractivity contribution in [3.05, 3.63) is 68.4 Å². The zero-order chi connectivity index (χ0) is 20.8. The van der Waals surface area contributed by atoms with Crippen LogP contribution in [0.3, 0.4) is 0 Å². The molecule has 0 bridgehead atoms. The van der Waals surface area contributed by atoms with E-state index in [2.05, 4.69) is 0 Å². The molecule has 1 heterocycles. The highest BCUT2D eigenvalue weighted by Crippen LogP contribution is 2.67. The summed E-state index contributed by atoms with van der Waals surface area (Å²) in [6.45, 7) is 1.63. The molecule has 0 aliphatic rings. The van der Waals surface area contributed by atoms with Crippen LogP contribution in [0.2, 0.25) is 0 Å². The van der Waals surface area contributed by atoms with Gasteiger partial charge in [0.05, 0.1) is 13.2 Å². The van der Waals surface area contributed by atoms with Crippen molar-refractivity contribution in [2.24, 2.45) is 0 Å². The number of carbonyl (C=O) groups excluding carboxylic acids is 1. The van der Waals surface area contributed by atoms with Gasteiger partial charge in [0.15, 0.2) is 0 Å². The van der Waals surface area contributed by atoms with Crippen LogP contribution in [0.25, 0.3) is 0 Å². The molecule has 1 aromatic heterocycles. The standard InChI is InChI=1S/C18H21FNO6PS/c1-3-25-27(24,26-4-2)18(19,17(21)14-9-6-5-7-10-14)15(13-20(22)23)16-11-8-12-28-16/h5-12,15H,3-4,13H2,1-2H3/t15-,18-/m1/s1. The lowest BCUT2D eigenvalue weighted by Crippen LogP contribution is -2.44. The quantitative estimate of drug-likeness (QED) is 0.218. The molecule has 0 spiro atoms. The highest BCUT2D eigenvalue weighted by atomic mass is 32.1. The third kappa shape index (κ3) is 4.38. The number of nitrogens with zero attached hydrogens (tertiary/aromatic N) is 1. The van der Waals surface area contributed by atoms with E-state index in [0.717, 1.165) is 11.3 Å². The van der Waals surface area contributed by atoms with E-state index in [1.165, 1.54) is 44.2 Å². The Hall–Kier alpha value is -1.93. The lowest BCUT2D eigenvalue weighted by Gasteiger charge is -2.35. The molecule has 28 heavy (non-hydrogen) atoms. The highest BCUT2D eigenvalue weighted by Gasteiger charge is 2.65. The second kappa shape index (κ2) is 9.52. The van der Waals surface area contributed by atoms with Crippen molar-refractivity contribution in [3.63, 3.8) is 0 Å². The van der Waals surface area contributed by atoms with Gasteiger partial charge in [0.1, 0.15) is 5.92 Å². The van der Waals surface area contributed by atoms with Gasteiger partial charge < -0.3 is 9.05 Å². The van der Waals surface area contributed by atoms with E-state index >= 15 is 4.39 Å². The summed E-state index contributed by atoms with van der Waals surface area (Å²) in [5.41, 5.74) is -0.0745. The summed E-state index contributed by atoms with van der Waals surface area (Å²) in [5.74, 6) is -2.81. The molecule has 2 aromatic rings. The summed E-state index contributed by atoms with van der Waals surface area (Å²) >= 11 is 1.04. The first-order valence-corrected chi connectivity index (χ1v) is 11.1. The van der Waals surface area contributed by atoms with Crippen molar-refractivity contribution in [3.8, 4) is 0 Å². The number of alkyl halides is 1. The fourth-order valence-corrected chi connectivity index (χ4v) is 5.94. The zero-order valence-electron chi connectivity index (χ0n) is 15.4. The Balaban J connectivity index is 2.74. The zero-order valence-corrected chi connectivity index (χ0v) is 17.2. The minimum Gasteiger partial charge on any atom is -0.306 e. The minimum atomic E-state index is -4.73. The number of carbonyl (C=O) groups is 1.